The van der Waals surface area contributed by atoms with Crippen LogP contribution >= 0.6 is 0 Å². The first-order valence-electron chi connectivity index (χ1n) is 5.31. The second-order valence-electron chi connectivity index (χ2n) is 3.89. The molecule has 0 amide bonds. The Morgan fingerprint density at radius 3 is 2.94 bits per heavy atom. The highest BCUT2D eigenvalue weighted by Crippen LogP contribution is 2.26. The minimum Gasteiger partial charge on any atom is -0.478 e. The number of nitrogens with zero attached hydrogens (tertiary/aromatic N) is 3. The zero-order valence-electron chi connectivity index (χ0n) is 10.0. The minimum absolute atomic E-state index is 0.0811. The number of rotatable bonds is 3. The van der Waals surface area contributed by atoms with E-state index in [1.165, 1.54) is 6.20 Å². The lowest BCUT2D eigenvalue weighted by Crippen LogP contribution is -2.16. The van der Waals surface area contributed by atoms with Crippen LogP contribution in [0.3, 0.4) is 0 Å². The maximum atomic E-state index is 11.2. The zero-order chi connectivity index (χ0) is 13.3. The molecule has 18 heavy (non-hydrogen) atoms. The fourth-order valence-corrected chi connectivity index (χ4v) is 1.67. The van der Waals surface area contributed by atoms with Gasteiger partial charge in [-0.2, -0.15) is 5.10 Å². The van der Waals surface area contributed by atoms with E-state index in [1.54, 1.807) is 24.9 Å². The Bertz CT molecular complexity index is 654. The Balaban J connectivity index is 2.67. The lowest BCUT2D eigenvalue weighted by Gasteiger charge is -2.12. The lowest BCUT2D eigenvalue weighted by molar-refractivity contribution is 0.0697. The molecule has 0 bridgehead atoms. The predicted octanol–water partition coefficient (Wildman–Crippen LogP) is 1.10. The number of carbonyl (C=O) groups is 1. The van der Waals surface area contributed by atoms with Crippen LogP contribution in [0.5, 0.6) is 0 Å². The molecule has 2 N–H and O–H groups in total. The van der Waals surface area contributed by atoms with E-state index in [2.05, 4.69) is 21.3 Å². The predicted molar refractivity (Wildman–Crippen MR) is 67.4 cm³/mol. The molecule has 6 heteroatoms. The molecule has 2 rings (SSSR count). The summed E-state index contributed by atoms with van der Waals surface area (Å²) in [6, 6.07) is -0.283. The van der Waals surface area contributed by atoms with Crippen LogP contribution in [0.4, 0.5) is 5.69 Å². The van der Waals surface area contributed by atoms with Gasteiger partial charge in [0, 0.05) is 13.2 Å². The minimum atomic E-state index is -1.06. The van der Waals surface area contributed by atoms with Crippen LogP contribution in [-0.4, -0.2) is 31.9 Å². The van der Waals surface area contributed by atoms with E-state index in [9.17, 15) is 4.79 Å². The molecule has 2 aromatic heterocycles. The Labute approximate surface area is 104 Å². The highest BCUT2D eigenvalue weighted by Gasteiger charge is 2.17. The molecule has 2 aromatic rings. The average molecular weight is 244 g/mol. The van der Waals surface area contributed by atoms with Crippen molar-refractivity contribution in [3.05, 3.63) is 18.0 Å². The van der Waals surface area contributed by atoms with Crippen molar-refractivity contribution >= 4 is 22.7 Å². The molecule has 0 saturated heterocycles. The van der Waals surface area contributed by atoms with Gasteiger partial charge in [-0.25, -0.2) is 9.78 Å². The number of hydrogen-bond acceptors (Lipinski definition) is 4. The van der Waals surface area contributed by atoms with E-state index in [-0.39, 0.29) is 11.6 Å². The number of aromatic nitrogens is 3. The lowest BCUT2D eigenvalue weighted by atomic mass is 10.1. The first-order chi connectivity index (χ1) is 8.54. The Hall–Kier alpha value is -2.55. The fraction of sp³-hybridized carbons (Fsp3) is 0.250. The van der Waals surface area contributed by atoms with Gasteiger partial charge < -0.3 is 10.4 Å². The highest BCUT2D eigenvalue weighted by molar-refractivity contribution is 6.03. The van der Waals surface area contributed by atoms with Gasteiger partial charge in [0.2, 0.25) is 0 Å². The second kappa shape index (κ2) is 4.37. The third kappa shape index (κ3) is 1.86. The van der Waals surface area contributed by atoms with E-state index in [4.69, 9.17) is 11.5 Å². The highest BCUT2D eigenvalue weighted by atomic mass is 16.4. The number of fused-ring (bicyclic) bond motifs is 1. The molecular formula is C12H12N4O2. The summed E-state index contributed by atoms with van der Waals surface area (Å²) in [5, 5.41) is 16.8. The van der Waals surface area contributed by atoms with Crippen LogP contribution in [0.15, 0.2) is 12.4 Å². The molecule has 2 heterocycles. The Morgan fingerprint density at radius 1 is 1.61 bits per heavy atom. The van der Waals surface area contributed by atoms with E-state index in [1.807, 2.05) is 0 Å². The fourth-order valence-electron chi connectivity index (χ4n) is 1.67. The summed E-state index contributed by atoms with van der Waals surface area (Å²) in [4.78, 5) is 15.3. The van der Waals surface area contributed by atoms with Gasteiger partial charge in [0.25, 0.3) is 0 Å². The quantitative estimate of drug-likeness (QED) is 0.790. The molecule has 0 spiro atoms. The third-order valence-corrected chi connectivity index (χ3v) is 2.60. The monoisotopic (exact) mass is 244 g/mol. The van der Waals surface area contributed by atoms with E-state index >= 15 is 0 Å². The van der Waals surface area contributed by atoms with Gasteiger partial charge in [-0.15, -0.1) is 6.42 Å². The summed E-state index contributed by atoms with van der Waals surface area (Å²) < 4.78 is 1.58. The molecule has 0 aromatic carbocycles. The number of anilines is 1. The molecule has 1 unspecified atom stereocenters. The molecule has 1 atom stereocenters. The normalized spacial score (nSPS) is 12.1. The molecule has 92 valence electrons. The average Bonchev–Trinajstić information content (AvgIpc) is 2.71. The van der Waals surface area contributed by atoms with Crippen molar-refractivity contribution in [2.45, 2.75) is 13.0 Å². The number of hydrogen-bond donors (Lipinski definition) is 2. The number of terminal acetylenes is 1. The first kappa shape index (κ1) is 11.9. The van der Waals surface area contributed by atoms with Crippen molar-refractivity contribution in [3.8, 4) is 12.3 Å². The van der Waals surface area contributed by atoms with Crippen LogP contribution in [0, 0.1) is 12.3 Å². The van der Waals surface area contributed by atoms with E-state index < -0.39 is 5.97 Å². The van der Waals surface area contributed by atoms with Crippen LogP contribution < -0.4 is 5.32 Å². The first-order valence-corrected chi connectivity index (χ1v) is 5.31. The molecule has 0 radical (unpaired) electrons. The molecule has 0 saturated carbocycles. The van der Waals surface area contributed by atoms with Gasteiger partial charge >= 0.3 is 5.97 Å². The number of aryl methyl sites for hydroxylation is 1. The van der Waals surface area contributed by atoms with Crippen molar-refractivity contribution in [3.63, 3.8) is 0 Å². The van der Waals surface area contributed by atoms with Gasteiger partial charge in [0.15, 0.2) is 5.65 Å². The topological polar surface area (TPSA) is 80.0 Å². The molecule has 6 nitrogen and oxygen atoms in total. The number of nitrogens with one attached hydrogen (secondary N) is 1. The van der Waals surface area contributed by atoms with Gasteiger partial charge in [-0.05, 0) is 6.92 Å². The Kier molecular flexibility index (Phi) is 2.90. The number of carboxylic acid groups (broad SMARTS) is 1. The van der Waals surface area contributed by atoms with Gasteiger partial charge in [0.1, 0.15) is 5.56 Å². The number of carboxylic acids is 1. The summed E-state index contributed by atoms with van der Waals surface area (Å²) in [6.07, 6.45) is 8.17. The van der Waals surface area contributed by atoms with Crippen molar-refractivity contribution in [1.29, 1.82) is 0 Å². The molecule has 0 aliphatic rings. The number of aromatic carboxylic acids is 1. The Morgan fingerprint density at radius 2 is 2.33 bits per heavy atom. The molecular weight excluding hydrogens is 232 g/mol. The van der Waals surface area contributed by atoms with Crippen LogP contribution in [0.1, 0.15) is 17.3 Å². The smallest absolute Gasteiger partial charge is 0.339 e. The van der Waals surface area contributed by atoms with Gasteiger partial charge in [0.05, 0.1) is 23.3 Å². The van der Waals surface area contributed by atoms with Crippen molar-refractivity contribution in [2.24, 2.45) is 7.05 Å². The summed E-state index contributed by atoms with van der Waals surface area (Å²) in [5.74, 6) is 1.44. The summed E-state index contributed by atoms with van der Waals surface area (Å²) in [5.41, 5.74) is 1.13. The molecule has 0 aliphatic carbocycles. The summed E-state index contributed by atoms with van der Waals surface area (Å²) in [6.45, 7) is 1.77. The SMILES string of the molecule is C#CC(C)Nc1c(C(=O)O)cnc2c1cnn2C. The maximum absolute atomic E-state index is 11.2. The van der Waals surface area contributed by atoms with Crippen molar-refractivity contribution in [2.75, 3.05) is 5.32 Å². The van der Waals surface area contributed by atoms with Gasteiger partial charge in [-0.1, -0.05) is 5.92 Å². The molecule has 0 fully saturated rings. The van der Waals surface area contributed by atoms with Crippen LogP contribution in [-0.2, 0) is 7.05 Å². The van der Waals surface area contributed by atoms with Crippen molar-refractivity contribution < 1.29 is 9.90 Å². The molecule has 0 aliphatic heterocycles. The number of pyridine rings is 1. The third-order valence-electron chi connectivity index (χ3n) is 2.60. The van der Waals surface area contributed by atoms with E-state index in [0.29, 0.717) is 16.7 Å². The second-order valence-corrected chi connectivity index (χ2v) is 3.89. The van der Waals surface area contributed by atoms with Crippen LogP contribution in [0.25, 0.3) is 11.0 Å². The maximum Gasteiger partial charge on any atom is 0.339 e. The van der Waals surface area contributed by atoms with Crippen molar-refractivity contribution in [1.82, 2.24) is 14.8 Å². The van der Waals surface area contributed by atoms with E-state index in [0.717, 1.165) is 0 Å². The van der Waals surface area contributed by atoms with Crippen LogP contribution in [0.2, 0.25) is 0 Å². The standard InChI is InChI=1S/C12H12N4O2/c1-4-7(2)15-10-8-6-14-16(3)11(8)13-5-9(10)12(17)18/h1,5-7H,2-3H3,(H,13,15)(H,17,18). The zero-order valence-corrected chi connectivity index (χ0v) is 10.0. The summed E-state index contributed by atoms with van der Waals surface area (Å²) in [7, 11) is 1.74. The summed E-state index contributed by atoms with van der Waals surface area (Å²) >= 11 is 0. The van der Waals surface area contributed by atoms with Gasteiger partial charge in [-0.3, -0.25) is 4.68 Å². The largest absolute Gasteiger partial charge is 0.478 e.